The minimum absolute atomic E-state index is 0.182. The van der Waals surface area contributed by atoms with Gasteiger partial charge in [-0.1, -0.05) is 29.8 Å². The number of hydrogen-bond donors (Lipinski definition) is 2. The quantitative estimate of drug-likeness (QED) is 0.839. The Morgan fingerprint density at radius 3 is 2.37 bits per heavy atom. The van der Waals surface area contributed by atoms with Crippen molar-refractivity contribution in [2.24, 2.45) is 0 Å². The van der Waals surface area contributed by atoms with Crippen molar-refractivity contribution in [3.63, 3.8) is 0 Å². The van der Waals surface area contributed by atoms with Gasteiger partial charge in [-0.3, -0.25) is 0 Å². The fraction of sp³-hybridized carbons (Fsp3) is 0.0769. The predicted octanol–water partition coefficient (Wildman–Crippen LogP) is 1.74. The lowest BCUT2D eigenvalue weighted by atomic mass is 9.80. The maximum Gasteiger partial charge on any atom is 0.491 e. The van der Waals surface area contributed by atoms with Crippen LogP contribution >= 0.6 is 11.6 Å². The van der Waals surface area contributed by atoms with Crippen LogP contribution in [0.5, 0.6) is 5.75 Å². The minimum atomic E-state index is -1.83. The van der Waals surface area contributed by atoms with E-state index in [1.165, 1.54) is 12.1 Å². The maximum atomic E-state index is 13.5. The summed E-state index contributed by atoms with van der Waals surface area (Å²) in [7, 11) is -1.83. The largest absolute Gasteiger partial charge is 0.491 e. The molecule has 0 saturated heterocycles. The van der Waals surface area contributed by atoms with Gasteiger partial charge in [0, 0.05) is 16.6 Å². The van der Waals surface area contributed by atoms with Gasteiger partial charge in [-0.15, -0.1) is 0 Å². The molecule has 0 aliphatic rings. The molecule has 0 unspecified atom stereocenters. The Bertz CT molecular complexity index is 560. The molecule has 0 bridgehead atoms. The van der Waals surface area contributed by atoms with Crippen LogP contribution in [0.1, 0.15) is 5.56 Å². The van der Waals surface area contributed by atoms with Gasteiger partial charge in [0.25, 0.3) is 0 Å². The smallest absolute Gasteiger partial charge is 0.489 e. The molecular weight excluding hydrogens is 269 g/mol. The van der Waals surface area contributed by atoms with Crippen molar-refractivity contribution in [3.05, 3.63) is 58.9 Å². The average molecular weight is 280 g/mol. The van der Waals surface area contributed by atoms with Gasteiger partial charge >= 0.3 is 7.12 Å². The summed E-state index contributed by atoms with van der Waals surface area (Å²) in [4.78, 5) is 0. The van der Waals surface area contributed by atoms with Crippen LogP contribution in [0.3, 0.4) is 0 Å². The number of hydrogen-bond acceptors (Lipinski definition) is 3. The monoisotopic (exact) mass is 280 g/mol. The van der Waals surface area contributed by atoms with E-state index in [9.17, 15) is 4.39 Å². The zero-order valence-electron chi connectivity index (χ0n) is 9.88. The van der Waals surface area contributed by atoms with E-state index in [0.717, 1.165) is 11.6 Å². The molecule has 0 heterocycles. The Labute approximate surface area is 115 Å². The van der Waals surface area contributed by atoms with Gasteiger partial charge in [-0.2, -0.15) is 0 Å². The molecule has 98 valence electrons. The molecule has 2 rings (SSSR count). The van der Waals surface area contributed by atoms with Crippen LogP contribution < -0.4 is 10.2 Å². The molecule has 0 saturated carbocycles. The first kappa shape index (κ1) is 13.9. The van der Waals surface area contributed by atoms with Gasteiger partial charge in [-0.05, 0) is 23.8 Å². The first-order valence-corrected chi connectivity index (χ1v) is 5.97. The molecule has 19 heavy (non-hydrogen) atoms. The molecule has 0 fully saturated rings. The number of rotatable bonds is 4. The van der Waals surface area contributed by atoms with Crippen molar-refractivity contribution in [2.75, 3.05) is 0 Å². The topological polar surface area (TPSA) is 49.7 Å². The highest BCUT2D eigenvalue weighted by Crippen LogP contribution is 2.15. The van der Waals surface area contributed by atoms with Crippen LogP contribution in [0, 0.1) is 5.82 Å². The molecule has 0 spiro atoms. The molecule has 0 atom stereocenters. The van der Waals surface area contributed by atoms with Crippen LogP contribution in [0.25, 0.3) is 0 Å². The van der Waals surface area contributed by atoms with Gasteiger partial charge in [0.05, 0.1) is 0 Å². The summed E-state index contributed by atoms with van der Waals surface area (Å²) in [5.74, 6) is -0.402. The average Bonchev–Trinajstić information content (AvgIpc) is 2.37. The predicted molar refractivity (Wildman–Crippen MR) is 72.0 cm³/mol. The summed E-state index contributed by atoms with van der Waals surface area (Å²) >= 11 is 5.76. The lowest BCUT2D eigenvalue weighted by Crippen LogP contribution is -2.32. The van der Waals surface area contributed by atoms with E-state index in [1.54, 1.807) is 12.1 Å². The zero-order chi connectivity index (χ0) is 13.8. The van der Waals surface area contributed by atoms with E-state index in [4.69, 9.17) is 26.4 Å². The number of ether oxygens (including phenoxy) is 1. The van der Waals surface area contributed by atoms with E-state index in [0.29, 0.717) is 10.8 Å². The first-order valence-electron chi connectivity index (χ1n) is 5.59. The van der Waals surface area contributed by atoms with Crippen LogP contribution in [-0.4, -0.2) is 17.2 Å². The summed E-state index contributed by atoms with van der Waals surface area (Å²) in [6.45, 7) is 0.275. The maximum absolute atomic E-state index is 13.5. The van der Waals surface area contributed by atoms with Crippen molar-refractivity contribution in [2.45, 2.75) is 6.61 Å². The summed E-state index contributed by atoms with van der Waals surface area (Å²) in [6, 6.07) is 11.0. The molecule has 3 nitrogen and oxygen atoms in total. The summed E-state index contributed by atoms with van der Waals surface area (Å²) in [5, 5.41) is 18.4. The number of halogens is 2. The Morgan fingerprint density at radius 2 is 1.79 bits per heavy atom. The molecule has 0 aliphatic carbocycles. The Kier molecular flexibility index (Phi) is 4.42. The molecular formula is C13H11BClFO3. The lowest BCUT2D eigenvalue weighted by molar-refractivity contribution is 0.304. The van der Waals surface area contributed by atoms with E-state index >= 15 is 0 Å². The van der Waals surface area contributed by atoms with Crippen molar-refractivity contribution in [3.8, 4) is 5.75 Å². The van der Waals surface area contributed by atoms with Gasteiger partial charge in [-0.25, -0.2) is 4.39 Å². The van der Waals surface area contributed by atoms with Crippen molar-refractivity contribution < 1.29 is 19.2 Å². The van der Waals surface area contributed by atoms with Crippen LogP contribution in [0.4, 0.5) is 4.39 Å². The molecule has 2 aromatic rings. The molecule has 2 aromatic carbocycles. The second-order valence-corrected chi connectivity index (χ2v) is 4.41. The van der Waals surface area contributed by atoms with E-state index < -0.39 is 12.9 Å². The van der Waals surface area contributed by atoms with E-state index in [1.807, 2.05) is 12.1 Å². The van der Waals surface area contributed by atoms with Gasteiger partial charge in [0.2, 0.25) is 0 Å². The highest BCUT2D eigenvalue weighted by Gasteiger charge is 2.16. The van der Waals surface area contributed by atoms with Crippen molar-refractivity contribution in [1.29, 1.82) is 0 Å². The van der Waals surface area contributed by atoms with Crippen molar-refractivity contribution in [1.82, 2.24) is 0 Å². The second kappa shape index (κ2) is 6.06. The fourth-order valence-electron chi connectivity index (χ4n) is 1.55. The molecule has 2 N–H and O–H groups in total. The Morgan fingerprint density at radius 1 is 1.11 bits per heavy atom. The third-order valence-corrected chi connectivity index (χ3v) is 2.82. The normalized spacial score (nSPS) is 10.3. The molecule has 0 aliphatic heterocycles. The third kappa shape index (κ3) is 3.70. The first-order chi connectivity index (χ1) is 9.06. The van der Waals surface area contributed by atoms with Gasteiger partial charge in [0.15, 0.2) is 0 Å². The Hall–Kier alpha value is -1.56. The summed E-state index contributed by atoms with van der Waals surface area (Å²) in [6.07, 6.45) is 0. The molecule has 6 heteroatoms. The van der Waals surface area contributed by atoms with Crippen LogP contribution in [0.2, 0.25) is 5.02 Å². The molecule has 0 aromatic heterocycles. The molecule has 0 amide bonds. The van der Waals surface area contributed by atoms with E-state index in [2.05, 4.69) is 0 Å². The lowest BCUT2D eigenvalue weighted by Gasteiger charge is -2.08. The van der Waals surface area contributed by atoms with Gasteiger partial charge in [0.1, 0.15) is 18.2 Å². The SMILES string of the molecule is OB(O)c1ccc(OCc2ccc(Cl)cc2)cc1F. The highest BCUT2D eigenvalue weighted by molar-refractivity contribution is 6.58. The summed E-state index contributed by atoms with van der Waals surface area (Å²) in [5.41, 5.74) is 0.718. The summed E-state index contributed by atoms with van der Waals surface area (Å²) < 4.78 is 18.9. The fourth-order valence-corrected chi connectivity index (χ4v) is 1.68. The van der Waals surface area contributed by atoms with Crippen LogP contribution in [0.15, 0.2) is 42.5 Å². The zero-order valence-corrected chi connectivity index (χ0v) is 10.6. The number of benzene rings is 2. The van der Waals surface area contributed by atoms with E-state index in [-0.39, 0.29) is 12.1 Å². The van der Waals surface area contributed by atoms with Gasteiger partial charge < -0.3 is 14.8 Å². The highest BCUT2D eigenvalue weighted by atomic mass is 35.5. The molecule has 0 radical (unpaired) electrons. The second-order valence-electron chi connectivity index (χ2n) is 3.97. The minimum Gasteiger partial charge on any atom is -0.489 e. The van der Waals surface area contributed by atoms with Crippen LogP contribution in [-0.2, 0) is 6.61 Å². The van der Waals surface area contributed by atoms with Crippen molar-refractivity contribution >= 4 is 24.2 Å². The standard InChI is InChI=1S/C13H11BClFO3/c15-10-3-1-9(2-4-10)8-19-11-5-6-12(14(17)18)13(16)7-11/h1-7,17-18H,8H2. The Balaban J connectivity index is 2.04. The third-order valence-electron chi connectivity index (χ3n) is 2.57.